The number of amides is 2. The first kappa shape index (κ1) is 32.1. The second-order valence-corrected chi connectivity index (χ2v) is 12.7. The van der Waals surface area contributed by atoms with Crippen LogP contribution >= 0.6 is 0 Å². The number of carbonyl (C=O) groups excluding carboxylic acids is 2. The molecule has 1 aromatic carbocycles. The SMILES string of the molecule is CC(C)C[C@H](NC(=O)[C@H](Cc1ccccc1)NC(=O)c1cnccn1)B(O)OC1CCCCCCC2CC2CCCC1. The fourth-order valence-electron chi connectivity index (χ4n) is 6.25. The van der Waals surface area contributed by atoms with Crippen molar-refractivity contribution in [3.05, 3.63) is 60.2 Å². The van der Waals surface area contributed by atoms with Gasteiger partial charge in [-0.15, -0.1) is 0 Å². The van der Waals surface area contributed by atoms with Crippen molar-refractivity contribution in [1.82, 2.24) is 20.6 Å². The van der Waals surface area contributed by atoms with Gasteiger partial charge in [-0.05, 0) is 49.0 Å². The Morgan fingerprint density at radius 1 is 0.952 bits per heavy atom. The number of carbonyl (C=O) groups is 2. The van der Waals surface area contributed by atoms with Crippen molar-refractivity contribution < 1.29 is 19.3 Å². The molecule has 4 rings (SSSR count). The molecule has 0 aliphatic heterocycles. The first-order chi connectivity index (χ1) is 20.4. The normalized spacial score (nSPS) is 22.8. The van der Waals surface area contributed by atoms with Gasteiger partial charge < -0.3 is 20.3 Å². The van der Waals surface area contributed by atoms with Gasteiger partial charge in [0.15, 0.2) is 0 Å². The molecule has 3 N–H and O–H groups in total. The van der Waals surface area contributed by atoms with Crippen LogP contribution in [0.2, 0.25) is 0 Å². The zero-order valence-electron chi connectivity index (χ0n) is 25.4. The summed E-state index contributed by atoms with van der Waals surface area (Å²) < 4.78 is 6.31. The summed E-state index contributed by atoms with van der Waals surface area (Å²) in [7, 11) is -1.13. The maximum atomic E-state index is 13.7. The van der Waals surface area contributed by atoms with Crippen LogP contribution in [0.3, 0.4) is 0 Å². The van der Waals surface area contributed by atoms with Crippen LogP contribution in [0.1, 0.15) is 107 Å². The molecule has 42 heavy (non-hydrogen) atoms. The van der Waals surface area contributed by atoms with Crippen LogP contribution in [0.15, 0.2) is 48.9 Å². The number of fused-ring (bicyclic) bond motifs is 1. The molecule has 2 saturated carbocycles. The van der Waals surface area contributed by atoms with Crippen LogP contribution in [0, 0.1) is 17.8 Å². The summed E-state index contributed by atoms with van der Waals surface area (Å²) in [5, 5.41) is 17.2. The van der Waals surface area contributed by atoms with Gasteiger partial charge in [0.05, 0.1) is 12.1 Å². The van der Waals surface area contributed by atoms with E-state index in [0.717, 1.165) is 43.1 Å². The second-order valence-electron chi connectivity index (χ2n) is 12.7. The quantitative estimate of drug-likeness (QED) is 0.313. The highest BCUT2D eigenvalue weighted by Gasteiger charge is 2.36. The molecule has 2 aliphatic rings. The lowest BCUT2D eigenvalue weighted by Crippen LogP contribution is -2.56. The minimum atomic E-state index is -1.13. The number of hydrogen-bond acceptors (Lipinski definition) is 6. The van der Waals surface area contributed by atoms with Crippen LogP contribution in [0.4, 0.5) is 0 Å². The van der Waals surface area contributed by atoms with Gasteiger partial charge in [0.2, 0.25) is 5.91 Å². The van der Waals surface area contributed by atoms with Crippen LogP contribution in [-0.4, -0.2) is 52.0 Å². The summed E-state index contributed by atoms with van der Waals surface area (Å²) in [5.74, 6) is 0.690. The molecular weight excluding hydrogens is 527 g/mol. The van der Waals surface area contributed by atoms with Crippen LogP contribution in [-0.2, 0) is 15.9 Å². The van der Waals surface area contributed by atoms with E-state index in [2.05, 4.69) is 34.4 Å². The Bertz CT molecular complexity index is 1090. The standard InChI is InChI=1S/C33H49BN4O4/c1-24(2)20-31(34(41)42-28-16-9-4-3-8-14-26-22-27(26)15-10-11-17-28)38-32(39)29(21-25-12-6-5-7-13-25)37-33(40)30-23-35-18-19-36-30/h5-7,12-13,18-19,23-24,26-29,31,41H,3-4,8-11,14-17,20-22H2,1-2H3,(H,37,40)(H,38,39)/t26?,27?,28?,29-,31-/m0/s1. The van der Waals surface area contributed by atoms with Gasteiger partial charge in [0, 0.05) is 24.9 Å². The van der Waals surface area contributed by atoms with Crippen molar-refractivity contribution >= 4 is 18.9 Å². The van der Waals surface area contributed by atoms with Crippen LogP contribution < -0.4 is 10.6 Å². The van der Waals surface area contributed by atoms with Crippen molar-refractivity contribution in [2.24, 2.45) is 17.8 Å². The molecule has 2 fully saturated rings. The highest BCUT2D eigenvalue weighted by Crippen LogP contribution is 2.46. The van der Waals surface area contributed by atoms with Crippen LogP contribution in [0.25, 0.3) is 0 Å². The number of hydrogen-bond donors (Lipinski definition) is 3. The first-order valence-electron chi connectivity index (χ1n) is 16.1. The third kappa shape index (κ3) is 10.8. The first-order valence-corrected chi connectivity index (χ1v) is 16.1. The van der Waals surface area contributed by atoms with Crippen LogP contribution in [0.5, 0.6) is 0 Å². The minimum Gasteiger partial charge on any atom is -0.426 e. The van der Waals surface area contributed by atoms with E-state index in [1.807, 2.05) is 30.3 Å². The molecular formula is C33H49BN4O4. The van der Waals surface area contributed by atoms with Gasteiger partial charge in [0.25, 0.3) is 5.91 Å². The maximum absolute atomic E-state index is 13.7. The molecule has 0 bridgehead atoms. The van der Waals surface area contributed by atoms with Crippen molar-refractivity contribution in [3.63, 3.8) is 0 Å². The Hall–Kier alpha value is -2.78. The van der Waals surface area contributed by atoms with E-state index in [0.29, 0.717) is 12.8 Å². The summed E-state index contributed by atoms with van der Waals surface area (Å²) in [6.45, 7) is 4.13. The van der Waals surface area contributed by atoms with Gasteiger partial charge in [0.1, 0.15) is 11.7 Å². The predicted octanol–water partition coefficient (Wildman–Crippen LogP) is 5.30. The highest BCUT2D eigenvalue weighted by atomic mass is 16.5. The number of nitrogens with zero attached hydrogens (tertiary/aromatic N) is 2. The summed E-state index contributed by atoms with van der Waals surface area (Å²) in [6.07, 6.45) is 18.3. The summed E-state index contributed by atoms with van der Waals surface area (Å²) in [4.78, 5) is 34.7. The largest absolute Gasteiger partial charge is 0.478 e. The molecule has 2 amide bonds. The lowest BCUT2D eigenvalue weighted by molar-refractivity contribution is -0.123. The van der Waals surface area contributed by atoms with Crippen molar-refractivity contribution in [3.8, 4) is 0 Å². The zero-order valence-corrected chi connectivity index (χ0v) is 25.4. The van der Waals surface area contributed by atoms with Gasteiger partial charge in [-0.25, -0.2) is 4.98 Å². The molecule has 2 aromatic rings. The van der Waals surface area contributed by atoms with E-state index in [1.165, 1.54) is 63.5 Å². The third-order valence-electron chi connectivity index (χ3n) is 8.70. The molecule has 9 heteroatoms. The lowest BCUT2D eigenvalue weighted by atomic mass is 9.73. The summed E-state index contributed by atoms with van der Waals surface area (Å²) in [5.41, 5.74) is 1.05. The fraction of sp³-hybridized carbons (Fsp3) is 0.636. The van der Waals surface area contributed by atoms with E-state index in [9.17, 15) is 14.6 Å². The third-order valence-corrected chi connectivity index (χ3v) is 8.70. The number of benzene rings is 1. The van der Waals surface area contributed by atoms with Gasteiger partial charge >= 0.3 is 7.12 Å². The van der Waals surface area contributed by atoms with E-state index < -0.39 is 25.0 Å². The number of aromatic nitrogens is 2. The molecule has 1 heterocycles. The Kier molecular flexibility index (Phi) is 12.8. The number of nitrogens with one attached hydrogen (secondary N) is 2. The smallest absolute Gasteiger partial charge is 0.426 e. The zero-order chi connectivity index (χ0) is 29.7. The molecule has 1 aromatic heterocycles. The molecule has 228 valence electrons. The number of rotatable bonds is 11. The molecule has 2 aliphatic carbocycles. The minimum absolute atomic E-state index is 0.0289. The Labute approximate surface area is 252 Å². The average molecular weight is 577 g/mol. The van der Waals surface area contributed by atoms with Gasteiger partial charge in [-0.3, -0.25) is 14.6 Å². The van der Waals surface area contributed by atoms with Gasteiger partial charge in [-0.2, -0.15) is 0 Å². The second kappa shape index (κ2) is 16.8. The van der Waals surface area contributed by atoms with Gasteiger partial charge in [-0.1, -0.05) is 95.5 Å². The van der Waals surface area contributed by atoms with E-state index in [4.69, 9.17) is 4.65 Å². The average Bonchev–Trinajstić information content (AvgIpc) is 3.74. The fourth-order valence-corrected chi connectivity index (χ4v) is 6.25. The molecule has 0 radical (unpaired) electrons. The van der Waals surface area contributed by atoms with Crippen molar-refractivity contribution in [2.75, 3.05) is 0 Å². The van der Waals surface area contributed by atoms with E-state index >= 15 is 0 Å². The van der Waals surface area contributed by atoms with E-state index in [1.54, 1.807) is 0 Å². The Balaban J connectivity index is 1.41. The summed E-state index contributed by atoms with van der Waals surface area (Å²) in [6, 6.07) is 8.71. The summed E-state index contributed by atoms with van der Waals surface area (Å²) >= 11 is 0. The molecule has 3 unspecified atom stereocenters. The molecule has 5 atom stereocenters. The molecule has 0 spiro atoms. The molecule has 0 saturated heterocycles. The topological polar surface area (TPSA) is 113 Å². The van der Waals surface area contributed by atoms with Crippen molar-refractivity contribution in [1.29, 1.82) is 0 Å². The maximum Gasteiger partial charge on any atom is 0.478 e. The Morgan fingerprint density at radius 3 is 2.29 bits per heavy atom. The van der Waals surface area contributed by atoms with E-state index in [-0.39, 0.29) is 23.6 Å². The highest BCUT2D eigenvalue weighted by molar-refractivity contribution is 6.45. The predicted molar refractivity (Wildman–Crippen MR) is 165 cm³/mol. The monoisotopic (exact) mass is 576 g/mol. The molecule has 8 nitrogen and oxygen atoms in total. The lowest BCUT2D eigenvalue weighted by Gasteiger charge is -2.28. The Morgan fingerprint density at radius 2 is 1.62 bits per heavy atom. The van der Waals surface area contributed by atoms with Crippen molar-refractivity contribution in [2.45, 2.75) is 115 Å².